The number of hydrogen-bond acceptors (Lipinski definition) is 2. The third-order valence-corrected chi connectivity index (χ3v) is 3.68. The zero-order valence-corrected chi connectivity index (χ0v) is 11.8. The summed E-state index contributed by atoms with van der Waals surface area (Å²) in [5, 5.41) is 2.78. The second-order valence-corrected chi connectivity index (χ2v) is 6.26. The average molecular weight is 259 g/mol. The van der Waals surface area contributed by atoms with Crippen LogP contribution in [0.15, 0.2) is 24.3 Å². The molecule has 0 fully saturated rings. The van der Waals surface area contributed by atoms with E-state index in [2.05, 4.69) is 17.4 Å². The van der Waals surface area contributed by atoms with Crippen molar-refractivity contribution in [2.75, 3.05) is 6.54 Å². The molecular formula is C16H21NO2. The summed E-state index contributed by atoms with van der Waals surface area (Å²) in [5.41, 5.74) is 2.11. The largest absolute Gasteiger partial charge is 0.349 e. The van der Waals surface area contributed by atoms with Gasteiger partial charge >= 0.3 is 0 Å². The molecule has 0 bridgehead atoms. The van der Waals surface area contributed by atoms with Gasteiger partial charge in [-0.3, -0.25) is 9.59 Å². The van der Waals surface area contributed by atoms with Crippen molar-refractivity contribution in [3.8, 4) is 0 Å². The molecule has 0 saturated heterocycles. The third kappa shape index (κ3) is 3.22. The molecule has 0 aliphatic heterocycles. The first-order chi connectivity index (χ1) is 8.88. The number of fused-ring (bicyclic) bond motifs is 1. The van der Waals surface area contributed by atoms with E-state index in [-0.39, 0.29) is 24.2 Å². The Balaban J connectivity index is 1.89. The van der Waals surface area contributed by atoms with E-state index in [0.717, 1.165) is 12.8 Å². The molecule has 0 unspecified atom stereocenters. The number of rotatable bonds is 3. The Hall–Kier alpha value is -1.64. The number of Topliss-reactive ketones (excluding diaryl/α,β-unsaturated/α-hetero) is 1. The van der Waals surface area contributed by atoms with E-state index in [0.29, 0.717) is 0 Å². The number of benzene rings is 1. The molecular weight excluding hydrogens is 238 g/mol. The van der Waals surface area contributed by atoms with Crippen LogP contribution in [-0.2, 0) is 22.4 Å². The average Bonchev–Trinajstić information content (AvgIpc) is 2.78. The van der Waals surface area contributed by atoms with Gasteiger partial charge in [-0.05, 0) is 24.0 Å². The molecule has 3 heteroatoms. The van der Waals surface area contributed by atoms with Gasteiger partial charge in [0, 0.05) is 11.3 Å². The van der Waals surface area contributed by atoms with Crippen LogP contribution in [0, 0.1) is 11.3 Å². The normalized spacial score (nSPS) is 15.1. The molecule has 1 N–H and O–H groups in total. The first-order valence-electron chi connectivity index (χ1n) is 6.75. The van der Waals surface area contributed by atoms with Crippen molar-refractivity contribution in [3.63, 3.8) is 0 Å². The van der Waals surface area contributed by atoms with Crippen molar-refractivity contribution < 1.29 is 9.59 Å². The van der Waals surface area contributed by atoms with Crippen molar-refractivity contribution in [3.05, 3.63) is 35.4 Å². The van der Waals surface area contributed by atoms with Gasteiger partial charge in [-0.1, -0.05) is 45.0 Å². The van der Waals surface area contributed by atoms with Crippen LogP contribution in [0.1, 0.15) is 31.9 Å². The Morgan fingerprint density at radius 1 is 1.16 bits per heavy atom. The zero-order chi connectivity index (χ0) is 14.0. The maximum atomic E-state index is 12.1. The lowest BCUT2D eigenvalue weighted by Crippen LogP contribution is -2.38. The van der Waals surface area contributed by atoms with Crippen molar-refractivity contribution in [1.29, 1.82) is 0 Å². The molecule has 2 rings (SSSR count). The number of carbonyl (C=O) groups excluding carboxylic acids is 2. The second-order valence-electron chi connectivity index (χ2n) is 6.26. The molecule has 1 amide bonds. The van der Waals surface area contributed by atoms with Crippen LogP contribution in [-0.4, -0.2) is 18.2 Å². The molecule has 0 spiro atoms. The van der Waals surface area contributed by atoms with Gasteiger partial charge in [-0.25, -0.2) is 0 Å². The number of nitrogens with one attached hydrogen (secondary N) is 1. The molecule has 0 radical (unpaired) electrons. The number of ketones is 1. The number of carbonyl (C=O) groups is 2. The molecule has 0 saturated carbocycles. The highest BCUT2D eigenvalue weighted by atomic mass is 16.2. The molecule has 1 aromatic rings. The van der Waals surface area contributed by atoms with Crippen molar-refractivity contribution >= 4 is 11.7 Å². The highest BCUT2D eigenvalue weighted by Gasteiger charge is 2.28. The summed E-state index contributed by atoms with van der Waals surface area (Å²) in [4.78, 5) is 23.9. The fourth-order valence-electron chi connectivity index (χ4n) is 2.32. The van der Waals surface area contributed by atoms with Gasteiger partial charge in [0.1, 0.15) is 0 Å². The highest BCUT2D eigenvalue weighted by Crippen LogP contribution is 2.26. The van der Waals surface area contributed by atoms with Crippen molar-refractivity contribution in [2.24, 2.45) is 11.3 Å². The Morgan fingerprint density at radius 2 is 1.68 bits per heavy atom. The van der Waals surface area contributed by atoms with Crippen molar-refractivity contribution in [1.82, 2.24) is 5.32 Å². The van der Waals surface area contributed by atoms with Crippen LogP contribution in [0.5, 0.6) is 0 Å². The SMILES string of the molecule is CC(C)(C)C(=O)CNC(=O)C1Cc2ccccc2C1. The fourth-order valence-corrected chi connectivity index (χ4v) is 2.32. The highest BCUT2D eigenvalue weighted by molar-refractivity contribution is 5.90. The lowest BCUT2D eigenvalue weighted by atomic mass is 9.91. The Kier molecular flexibility index (Phi) is 3.74. The first kappa shape index (κ1) is 13.8. The lowest BCUT2D eigenvalue weighted by Gasteiger charge is -2.17. The Morgan fingerprint density at radius 3 is 2.16 bits per heavy atom. The maximum Gasteiger partial charge on any atom is 0.224 e. The van der Waals surface area contributed by atoms with Crippen molar-refractivity contribution in [2.45, 2.75) is 33.6 Å². The molecule has 0 atom stereocenters. The van der Waals surface area contributed by atoms with Gasteiger partial charge < -0.3 is 5.32 Å². The summed E-state index contributed by atoms with van der Waals surface area (Å²) in [6, 6.07) is 8.15. The fraction of sp³-hybridized carbons (Fsp3) is 0.500. The van der Waals surface area contributed by atoms with E-state index in [1.807, 2.05) is 32.9 Å². The summed E-state index contributed by atoms with van der Waals surface area (Å²) in [7, 11) is 0. The summed E-state index contributed by atoms with van der Waals surface area (Å²) >= 11 is 0. The third-order valence-electron chi connectivity index (χ3n) is 3.68. The number of hydrogen-bond donors (Lipinski definition) is 1. The molecule has 1 aliphatic carbocycles. The smallest absolute Gasteiger partial charge is 0.224 e. The van der Waals surface area contributed by atoms with Crippen LogP contribution in [0.25, 0.3) is 0 Å². The Labute approximate surface area is 114 Å². The summed E-state index contributed by atoms with van der Waals surface area (Å²) in [5.74, 6) is 0.0373. The predicted octanol–water partition coefficient (Wildman–Crippen LogP) is 2.13. The molecule has 1 aliphatic rings. The topological polar surface area (TPSA) is 46.2 Å². The summed E-state index contributed by atoms with van der Waals surface area (Å²) < 4.78 is 0. The monoisotopic (exact) mass is 259 g/mol. The summed E-state index contributed by atoms with van der Waals surface area (Å²) in [6.45, 7) is 5.74. The van der Waals surface area contributed by atoms with Crippen LogP contribution in [0.3, 0.4) is 0 Å². The van der Waals surface area contributed by atoms with Crippen LogP contribution >= 0.6 is 0 Å². The van der Waals surface area contributed by atoms with E-state index >= 15 is 0 Å². The molecule has 0 aromatic heterocycles. The first-order valence-corrected chi connectivity index (χ1v) is 6.75. The van der Waals surface area contributed by atoms with E-state index < -0.39 is 5.41 Å². The maximum absolute atomic E-state index is 12.1. The molecule has 102 valence electrons. The summed E-state index contributed by atoms with van der Waals surface area (Å²) in [6.07, 6.45) is 1.57. The van der Waals surface area contributed by atoms with E-state index in [9.17, 15) is 9.59 Å². The van der Waals surface area contributed by atoms with Crippen LogP contribution < -0.4 is 5.32 Å². The molecule has 3 nitrogen and oxygen atoms in total. The van der Waals surface area contributed by atoms with E-state index in [1.165, 1.54) is 11.1 Å². The minimum Gasteiger partial charge on any atom is -0.349 e. The van der Waals surface area contributed by atoms with Gasteiger partial charge in [0.15, 0.2) is 5.78 Å². The van der Waals surface area contributed by atoms with Crippen LogP contribution in [0.4, 0.5) is 0 Å². The molecule has 19 heavy (non-hydrogen) atoms. The lowest BCUT2D eigenvalue weighted by molar-refractivity contribution is -0.130. The zero-order valence-electron chi connectivity index (χ0n) is 11.8. The predicted molar refractivity (Wildman–Crippen MR) is 74.8 cm³/mol. The van der Waals surface area contributed by atoms with E-state index in [1.54, 1.807) is 0 Å². The van der Waals surface area contributed by atoms with Gasteiger partial charge in [-0.15, -0.1) is 0 Å². The quantitative estimate of drug-likeness (QED) is 0.904. The number of amides is 1. The molecule has 1 aromatic carbocycles. The van der Waals surface area contributed by atoms with Crippen LogP contribution in [0.2, 0.25) is 0 Å². The van der Waals surface area contributed by atoms with Gasteiger partial charge in [0.05, 0.1) is 6.54 Å². The molecule has 0 heterocycles. The van der Waals surface area contributed by atoms with Gasteiger partial charge in [-0.2, -0.15) is 0 Å². The van der Waals surface area contributed by atoms with Gasteiger partial charge in [0.2, 0.25) is 5.91 Å². The van der Waals surface area contributed by atoms with E-state index in [4.69, 9.17) is 0 Å². The van der Waals surface area contributed by atoms with Gasteiger partial charge in [0.25, 0.3) is 0 Å². The Bertz CT molecular complexity index is 475. The second kappa shape index (κ2) is 5.16. The minimum atomic E-state index is -0.397. The minimum absolute atomic E-state index is 0.00574. The standard InChI is InChI=1S/C16H21NO2/c1-16(2,3)14(18)10-17-15(19)13-8-11-6-4-5-7-12(11)9-13/h4-7,13H,8-10H2,1-3H3,(H,17,19).